The van der Waals surface area contributed by atoms with Crippen molar-refractivity contribution in [2.75, 3.05) is 0 Å². The number of hydrogen-bond donors (Lipinski definition) is 7. The molecule has 0 fully saturated rings. The van der Waals surface area contributed by atoms with E-state index in [0.717, 1.165) is 0 Å². The van der Waals surface area contributed by atoms with E-state index in [4.69, 9.17) is 15.6 Å². The van der Waals surface area contributed by atoms with Crippen LogP contribution < -0.4 is 11.1 Å². The van der Waals surface area contributed by atoms with Gasteiger partial charge in [0.25, 0.3) is 5.91 Å². The van der Waals surface area contributed by atoms with Gasteiger partial charge in [0.15, 0.2) is 6.10 Å². The topological polar surface area (TPSA) is 226 Å². The molecule has 8 N–H and O–H groups in total. The van der Waals surface area contributed by atoms with Crippen LogP contribution in [0.15, 0.2) is 18.2 Å². The number of rotatable bonds is 11. The largest absolute Gasteiger partial charge is 0.507 e. The highest BCUT2D eigenvalue weighted by molar-refractivity contribution is 7.46. The molecule has 1 aliphatic rings. The molecule has 5 atom stereocenters. The number of phenolic OH excluding ortho intramolecular Hbond substituents is 1. The van der Waals surface area contributed by atoms with Crippen molar-refractivity contribution in [3.05, 3.63) is 29.3 Å². The van der Waals surface area contributed by atoms with Crippen molar-refractivity contribution in [2.24, 2.45) is 11.7 Å². The Morgan fingerprint density at radius 3 is 2.53 bits per heavy atom. The molecule has 0 aromatic heterocycles. The number of aromatic hydroxyl groups is 1. The molecule has 0 spiro atoms. The monoisotopic (exact) mass is 504 g/mol. The molecule has 0 radical (unpaired) electrons. The molecule has 1 aromatic carbocycles. The Bertz CT molecular complexity index is 964. The highest BCUT2D eigenvalue weighted by Gasteiger charge is 2.41. The van der Waals surface area contributed by atoms with Crippen LogP contribution in [0.5, 0.6) is 5.75 Å². The average molecular weight is 504 g/mol. The number of nitrogens with one attached hydrogen (secondary N) is 1. The average Bonchev–Trinajstić information content (AvgIpc) is 2.69. The number of cyclic esters (lactones) is 1. The maximum absolute atomic E-state index is 12.9. The second-order valence-electron chi connectivity index (χ2n) is 8.47. The Morgan fingerprint density at radius 1 is 1.32 bits per heavy atom. The van der Waals surface area contributed by atoms with Gasteiger partial charge in [-0.05, 0) is 24.0 Å². The maximum atomic E-state index is 12.9. The standard InChI is InChI=1S/C20H29N2O11P/c1-9(2)6-12(14-7-10-4-3-5-13(23)16(10)20(28)32-14)22-19(27)18(33-34(29,30)31)17(26)11(21)8-15(24)25/h3-5,9,11-12,14,17-18,23,26H,6-8,21H2,1-2H3,(H,22,27)(H,24,25)(H2,29,30,31)/t11-,12+,14+,17+,18-/m1/s1. The summed E-state index contributed by atoms with van der Waals surface area (Å²) in [7, 11) is -5.30. The fourth-order valence-electron chi connectivity index (χ4n) is 3.71. The van der Waals surface area contributed by atoms with Crippen LogP contribution in [-0.4, -0.2) is 73.3 Å². The van der Waals surface area contributed by atoms with Crippen molar-refractivity contribution in [1.29, 1.82) is 0 Å². The van der Waals surface area contributed by atoms with Crippen LogP contribution in [0.4, 0.5) is 0 Å². The van der Waals surface area contributed by atoms with Gasteiger partial charge in [-0.3, -0.25) is 14.1 Å². The lowest BCUT2D eigenvalue weighted by molar-refractivity contribution is -0.142. The van der Waals surface area contributed by atoms with Crippen molar-refractivity contribution in [2.45, 2.75) is 63.5 Å². The molecule has 1 aliphatic heterocycles. The number of ether oxygens (including phenoxy) is 1. The lowest BCUT2D eigenvalue weighted by Crippen LogP contribution is -2.56. The zero-order chi connectivity index (χ0) is 25.8. The van der Waals surface area contributed by atoms with E-state index >= 15 is 0 Å². The number of carboxylic acids is 1. The van der Waals surface area contributed by atoms with Gasteiger partial charge in [0.1, 0.15) is 23.5 Å². The number of hydrogen-bond acceptors (Lipinski definition) is 9. The molecule has 1 aromatic rings. The number of amides is 1. The molecule has 0 saturated heterocycles. The number of esters is 1. The van der Waals surface area contributed by atoms with E-state index in [1.165, 1.54) is 6.07 Å². The number of benzene rings is 1. The molecule has 0 unspecified atom stereocenters. The highest BCUT2D eigenvalue weighted by Crippen LogP contribution is 2.39. The molecular weight excluding hydrogens is 475 g/mol. The molecule has 34 heavy (non-hydrogen) atoms. The van der Waals surface area contributed by atoms with E-state index in [1.54, 1.807) is 12.1 Å². The van der Waals surface area contributed by atoms with Gasteiger partial charge in [0.05, 0.1) is 12.5 Å². The first-order valence-corrected chi connectivity index (χ1v) is 11.9. The Morgan fingerprint density at radius 2 is 1.97 bits per heavy atom. The van der Waals surface area contributed by atoms with Crippen molar-refractivity contribution in [3.63, 3.8) is 0 Å². The third kappa shape index (κ3) is 7.49. The van der Waals surface area contributed by atoms with E-state index in [0.29, 0.717) is 5.56 Å². The Hall–Kier alpha value is -2.54. The predicted molar refractivity (Wildman–Crippen MR) is 116 cm³/mol. The molecule has 190 valence electrons. The van der Waals surface area contributed by atoms with Gasteiger partial charge in [0.2, 0.25) is 0 Å². The number of phosphoric acid groups is 1. The van der Waals surface area contributed by atoms with Gasteiger partial charge in [-0.25, -0.2) is 9.36 Å². The van der Waals surface area contributed by atoms with Gasteiger partial charge in [-0.2, -0.15) is 0 Å². The third-order valence-corrected chi connectivity index (χ3v) is 5.68. The molecule has 13 nitrogen and oxygen atoms in total. The fraction of sp³-hybridized carbons (Fsp3) is 0.550. The van der Waals surface area contributed by atoms with Crippen LogP contribution in [0, 0.1) is 5.92 Å². The number of aliphatic hydroxyl groups is 1. The van der Waals surface area contributed by atoms with Crippen molar-refractivity contribution < 1.29 is 53.3 Å². The van der Waals surface area contributed by atoms with Gasteiger partial charge in [-0.1, -0.05) is 26.0 Å². The second kappa shape index (κ2) is 11.3. The van der Waals surface area contributed by atoms with Crippen molar-refractivity contribution in [1.82, 2.24) is 5.32 Å². The van der Waals surface area contributed by atoms with E-state index in [9.17, 15) is 38.9 Å². The van der Waals surface area contributed by atoms with Crippen LogP contribution in [-0.2, 0) is 29.8 Å². The summed E-state index contributed by atoms with van der Waals surface area (Å²) in [6, 6.07) is 2.04. The maximum Gasteiger partial charge on any atom is 0.470 e. The summed E-state index contributed by atoms with van der Waals surface area (Å²) < 4.78 is 21.3. The summed E-state index contributed by atoms with van der Waals surface area (Å²) in [6.07, 6.45) is -5.61. The molecule has 14 heteroatoms. The fourth-order valence-corrected chi connectivity index (χ4v) is 4.22. The van der Waals surface area contributed by atoms with Gasteiger partial charge in [-0.15, -0.1) is 0 Å². The van der Waals surface area contributed by atoms with Gasteiger partial charge in [0, 0.05) is 12.5 Å². The summed E-state index contributed by atoms with van der Waals surface area (Å²) in [6.45, 7) is 3.65. The van der Waals surface area contributed by atoms with Crippen LogP contribution in [0.25, 0.3) is 0 Å². The minimum Gasteiger partial charge on any atom is -0.507 e. The molecule has 0 aliphatic carbocycles. The summed E-state index contributed by atoms with van der Waals surface area (Å²) >= 11 is 0. The normalized spacial score (nSPS) is 19.5. The van der Waals surface area contributed by atoms with E-state index in [2.05, 4.69) is 9.84 Å². The summed E-state index contributed by atoms with van der Waals surface area (Å²) in [5.74, 6) is -3.68. The number of nitrogens with two attached hydrogens (primary N) is 1. The third-order valence-electron chi connectivity index (χ3n) is 5.18. The van der Waals surface area contributed by atoms with Gasteiger partial charge >= 0.3 is 19.8 Å². The van der Waals surface area contributed by atoms with Gasteiger partial charge < -0.3 is 40.9 Å². The SMILES string of the molecule is CC(C)C[C@H](NC(=O)[C@H](OP(=O)(O)O)[C@@H](O)[C@H](N)CC(=O)O)[C@@H]1Cc2cccc(O)c2C(=O)O1. The molecule has 2 rings (SSSR count). The van der Waals surface area contributed by atoms with E-state index in [-0.39, 0.29) is 30.1 Å². The van der Waals surface area contributed by atoms with Crippen LogP contribution >= 0.6 is 7.82 Å². The lowest BCUT2D eigenvalue weighted by atomic mass is 9.90. The number of fused-ring (bicyclic) bond motifs is 1. The Kier molecular flexibility index (Phi) is 9.17. The number of aliphatic hydroxyl groups excluding tert-OH is 1. The number of phosphoric ester groups is 1. The zero-order valence-corrected chi connectivity index (χ0v) is 19.4. The molecule has 0 saturated carbocycles. The minimum absolute atomic E-state index is 0.00569. The van der Waals surface area contributed by atoms with E-state index in [1.807, 2.05) is 13.8 Å². The van der Waals surface area contributed by atoms with Crippen LogP contribution in [0.3, 0.4) is 0 Å². The molecule has 1 amide bonds. The second-order valence-corrected chi connectivity index (χ2v) is 9.66. The summed E-state index contributed by atoms with van der Waals surface area (Å²) in [4.78, 5) is 54.7. The Balaban J connectivity index is 2.30. The first kappa shape index (κ1) is 27.7. The lowest BCUT2D eigenvalue weighted by Gasteiger charge is -2.34. The number of carbonyl (C=O) groups excluding carboxylic acids is 2. The van der Waals surface area contributed by atoms with Crippen molar-refractivity contribution >= 4 is 25.7 Å². The first-order valence-electron chi connectivity index (χ1n) is 10.4. The highest BCUT2D eigenvalue weighted by atomic mass is 31.2. The van der Waals surface area contributed by atoms with E-state index < -0.39 is 62.5 Å². The van der Waals surface area contributed by atoms with Crippen LogP contribution in [0.2, 0.25) is 0 Å². The molecular formula is C20H29N2O11P. The van der Waals surface area contributed by atoms with Crippen molar-refractivity contribution in [3.8, 4) is 5.75 Å². The smallest absolute Gasteiger partial charge is 0.470 e. The Labute approximate surface area is 195 Å². The molecule has 0 bridgehead atoms. The number of carbonyl (C=O) groups is 3. The quantitative estimate of drug-likeness (QED) is 0.152. The number of aliphatic carboxylic acids is 1. The summed E-state index contributed by atoms with van der Waals surface area (Å²) in [5, 5.41) is 31.7. The first-order chi connectivity index (χ1) is 15.7. The minimum atomic E-state index is -5.30. The zero-order valence-electron chi connectivity index (χ0n) is 18.5. The summed E-state index contributed by atoms with van der Waals surface area (Å²) in [5.41, 5.74) is 6.07. The molecule has 1 heterocycles. The number of phenols is 1. The number of carboxylic acid groups (broad SMARTS) is 1. The van der Waals surface area contributed by atoms with Crippen LogP contribution in [0.1, 0.15) is 42.6 Å². The predicted octanol–water partition coefficient (Wildman–Crippen LogP) is -0.355.